The maximum atomic E-state index is 5.46. The number of aryl methyl sites for hydroxylation is 1. The normalized spacial score (nSPS) is 10.8. The molecule has 0 atom stereocenters. The Morgan fingerprint density at radius 1 is 1.30 bits per heavy atom. The molecule has 108 valence electrons. The van der Waals surface area contributed by atoms with Crippen LogP contribution in [0.1, 0.15) is 26.6 Å². The summed E-state index contributed by atoms with van der Waals surface area (Å²) in [5.41, 5.74) is 2.39. The molecular weight excluding hydrogens is 298 g/mol. The lowest BCUT2D eigenvalue weighted by molar-refractivity contribution is 0.219. The predicted molar refractivity (Wildman–Crippen MR) is 76.8 cm³/mol. The SMILES string of the molecule is CCc1nsc(Sc2nc(NN)nc(OC(C)C)n2)n1. The van der Waals surface area contributed by atoms with Crippen molar-refractivity contribution < 1.29 is 4.74 Å². The van der Waals surface area contributed by atoms with Gasteiger partial charge in [0.1, 0.15) is 5.82 Å². The average Bonchev–Trinajstić information content (AvgIpc) is 2.85. The van der Waals surface area contributed by atoms with Crippen LogP contribution in [0.2, 0.25) is 0 Å². The van der Waals surface area contributed by atoms with Gasteiger partial charge < -0.3 is 4.74 Å². The number of ether oxygens (including phenoxy) is 1. The van der Waals surface area contributed by atoms with E-state index in [0.29, 0.717) is 5.16 Å². The number of hydrogen-bond acceptors (Lipinski definition) is 10. The molecular formula is C10H15N7OS2. The van der Waals surface area contributed by atoms with Gasteiger partial charge >= 0.3 is 6.01 Å². The van der Waals surface area contributed by atoms with E-state index in [-0.39, 0.29) is 18.1 Å². The third kappa shape index (κ3) is 3.99. The van der Waals surface area contributed by atoms with Crippen molar-refractivity contribution in [3.05, 3.63) is 5.82 Å². The maximum Gasteiger partial charge on any atom is 0.322 e. The van der Waals surface area contributed by atoms with Crippen LogP contribution in [0.3, 0.4) is 0 Å². The second-order valence-corrected chi connectivity index (χ2v) is 5.93. The van der Waals surface area contributed by atoms with Crippen LogP contribution in [0.15, 0.2) is 9.50 Å². The molecule has 2 heterocycles. The number of anilines is 1. The third-order valence-electron chi connectivity index (χ3n) is 2.01. The Labute approximate surface area is 124 Å². The minimum Gasteiger partial charge on any atom is -0.461 e. The van der Waals surface area contributed by atoms with Gasteiger partial charge in [0.05, 0.1) is 6.10 Å². The second-order valence-electron chi connectivity index (χ2n) is 3.97. The summed E-state index contributed by atoms with van der Waals surface area (Å²) in [7, 11) is 0. The molecule has 8 nitrogen and oxygen atoms in total. The van der Waals surface area contributed by atoms with Gasteiger partial charge in [-0.2, -0.15) is 19.3 Å². The number of rotatable bonds is 6. The van der Waals surface area contributed by atoms with Crippen LogP contribution >= 0.6 is 23.3 Å². The Kier molecular flexibility index (Phi) is 5.04. The standard InChI is InChI=1S/C10H15N7OS2/c1-4-6-12-10(20-17-6)19-9-14-7(16-11)13-8(15-9)18-5(2)3/h5H,4,11H2,1-3H3,(H,13,14,15,16). The molecule has 3 N–H and O–H groups in total. The molecule has 0 unspecified atom stereocenters. The zero-order valence-electron chi connectivity index (χ0n) is 11.3. The van der Waals surface area contributed by atoms with E-state index in [0.717, 1.165) is 16.6 Å². The molecule has 2 rings (SSSR count). The van der Waals surface area contributed by atoms with Gasteiger partial charge in [0.15, 0.2) is 4.34 Å². The highest BCUT2D eigenvalue weighted by atomic mass is 32.2. The number of nitrogen functional groups attached to an aromatic ring is 1. The van der Waals surface area contributed by atoms with Crippen LogP contribution in [0.25, 0.3) is 0 Å². The molecule has 0 saturated heterocycles. The van der Waals surface area contributed by atoms with Gasteiger partial charge in [-0.1, -0.05) is 6.92 Å². The smallest absolute Gasteiger partial charge is 0.322 e. The summed E-state index contributed by atoms with van der Waals surface area (Å²) in [6, 6.07) is 0.227. The molecule has 0 aromatic carbocycles. The van der Waals surface area contributed by atoms with Crippen molar-refractivity contribution in [3.8, 4) is 6.01 Å². The first-order valence-electron chi connectivity index (χ1n) is 6.00. The monoisotopic (exact) mass is 313 g/mol. The summed E-state index contributed by atoms with van der Waals surface area (Å²) in [6.45, 7) is 5.79. The first-order valence-corrected chi connectivity index (χ1v) is 7.59. The highest BCUT2D eigenvalue weighted by Crippen LogP contribution is 2.27. The summed E-state index contributed by atoms with van der Waals surface area (Å²) in [5.74, 6) is 6.40. The minimum atomic E-state index is -0.0332. The van der Waals surface area contributed by atoms with Gasteiger partial charge in [0.2, 0.25) is 11.1 Å². The summed E-state index contributed by atoms with van der Waals surface area (Å²) in [5, 5.41) is 0.461. The van der Waals surface area contributed by atoms with Crippen LogP contribution in [-0.4, -0.2) is 30.4 Å². The van der Waals surface area contributed by atoms with Crippen molar-refractivity contribution in [1.82, 2.24) is 24.3 Å². The van der Waals surface area contributed by atoms with Crippen LogP contribution in [0, 0.1) is 0 Å². The van der Waals surface area contributed by atoms with Gasteiger partial charge in [-0.05, 0) is 37.1 Å². The van der Waals surface area contributed by atoms with Crippen molar-refractivity contribution in [1.29, 1.82) is 0 Å². The van der Waals surface area contributed by atoms with E-state index in [1.165, 1.54) is 23.3 Å². The van der Waals surface area contributed by atoms with Crippen LogP contribution in [0.4, 0.5) is 5.95 Å². The van der Waals surface area contributed by atoms with Gasteiger partial charge in [0.25, 0.3) is 0 Å². The second kappa shape index (κ2) is 6.77. The van der Waals surface area contributed by atoms with Crippen molar-refractivity contribution in [2.24, 2.45) is 5.84 Å². The van der Waals surface area contributed by atoms with E-state index < -0.39 is 0 Å². The van der Waals surface area contributed by atoms with E-state index in [1.54, 1.807) is 0 Å². The number of nitrogens with zero attached hydrogens (tertiary/aromatic N) is 5. The van der Waals surface area contributed by atoms with E-state index in [2.05, 4.69) is 29.7 Å². The van der Waals surface area contributed by atoms with Crippen LogP contribution in [0.5, 0.6) is 6.01 Å². The highest BCUT2D eigenvalue weighted by Gasteiger charge is 2.12. The molecule has 0 aliphatic heterocycles. The Balaban J connectivity index is 2.21. The van der Waals surface area contributed by atoms with E-state index in [4.69, 9.17) is 10.6 Å². The lowest BCUT2D eigenvalue weighted by atomic mass is 10.5. The fourth-order valence-electron chi connectivity index (χ4n) is 1.21. The topological polar surface area (TPSA) is 112 Å². The van der Waals surface area contributed by atoms with Crippen LogP contribution in [-0.2, 0) is 6.42 Å². The van der Waals surface area contributed by atoms with Gasteiger partial charge in [-0.25, -0.2) is 10.8 Å². The Bertz CT molecular complexity index is 574. The lowest BCUT2D eigenvalue weighted by Gasteiger charge is -2.09. The molecule has 0 amide bonds. The quantitative estimate of drug-likeness (QED) is 0.605. The molecule has 20 heavy (non-hydrogen) atoms. The zero-order valence-corrected chi connectivity index (χ0v) is 13.0. The average molecular weight is 313 g/mol. The summed E-state index contributed by atoms with van der Waals surface area (Å²) in [4.78, 5) is 16.7. The minimum absolute atomic E-state index is 0.0332. The first kappa shape index (κ1) is 14.9. The van der Waals surface area contributed by atoms with E-state index >= 15 is 0 Å². The lowest BCUT2D eigenvalue weighted by Crippen LogP contribution is -2.14. The summed E-state index contributed by atoms with van der Waals surface area (Å²) in [6.07, 6.45) is 0.764. The van der Waals surface area contributed by atoms with Crippen molar-refractivity contribution in [2.45, 2.75) is 42.8 Å². The largest absolute Gasteiger partial charge is 0.461 e. The van der Waals surface area contributed by atoms with E-state index in [9.17, 15) is 0 Å². The highest BCUT2D eigenvalue weighted by molar-refractivity contribution is 8.00. The Morgan fingerprint density at radius 2 is 2.10 bits per heavy atom. The molecule has 0 spiro atoms. The van der Waals surface area contributed by atoms with Crippen LogP contribution < -0.4 is 16.0 Å². The maximum absolute atomic E-state index is 5.46. The number of nitrogens with two attached hydrogens (primary N) is 1. The number of hydrogen-bond donors (Lipinski definition) is 2. The molecule has 0 fully saturated rings. The van der Waals surface area contributed by atoms with Gasteiger partial charge in [-0.15, -0.1) is 0 Å². The number of nitrogens with one attached hydrogen (secondary N) is 1. The summed E-state index contributed by atoms with van der Waals surface area (Å²) < 4.78 is 10.4. The molecule has 2 aromatic heterocycles. The molecule has 10 heteroatoms. The van der Waals surface area contributed by atoms with E-state index in [1.807, 2.05) is 20.8 Å². The zero-order chi connectivity index (χ0) is 14.5. The number of hydrazine groups is 1. The van der Waals surface area contributed by atoms with Crippen molar-refractivity contribution >= 4 is 29.2 Å². The van der Waals surface area contributed by atoms with Crippen molar-refractivity contribution in [3.63, 3.8) is 0 Å². The Morgan fingerprint density at radius 3 is 2.70 bits per heavy atom. The molecule has 0 radical (unpaired) electrons. The fourth-order valence-corrected chi connectivity index (χ4v) is 2.76. The molecule has 0 aliphatic carbocycles. The summed E-state index contributed by atoms with van der Waals surface area (Å²) >= 11 is 2.61. The molecule has 0 bridgehead atoms. The fraction of sp³-hybridized carbons (Fsp3) is 0.500. The molecule has 2 aromatic rings. The number of aromatic nitrogens is 5. The first-order chi connectivity index (χ1) is 9.60. The third-order valence-corrected chi connectivity index (χ3v) is 3.66. The molecule has 0 aliphatic rings. The van der Waals surface area contributed by atoms with Gasteiger partial charge in [0, 0.05) is 6.42 Å². The molecule has 0 saturated carbocycles. The van der Waals surface area contributed by atoms with Gasteiger partial charge in [-0.3, -0.25) is 5.43 Å². The van der Waals surface area contributed by atoms with Crippen molar-refractivity contribution in [2.75, 3.05) is 5.43 Å². The predicted octanol–water partition coefficient (Wildman–Crippen LogP) is 1.51. The Hall–Kier alpha value is -1.52.